The summed E-state index contributed by atoms with van der Waals surface area (Å²) in [5.74, 6) is 0.0536. The highest BCUT2D eigenvalue weighted by molar-refractivity contribution is 14.1. The number of nitrogens with zero attached hydrogens (tertiary/aromatic N) is 1. The third-order valence-corrected chi connectivity index (χ3v) is 7.82. The van der Waals surface area contributed by atoms with Crippen molar-refractivity contribution in [3.05, 3.63) is 89.8 Å². The Morgan fingerprint density at radius 3 is 2.58 bits per heavy atom. The molecule has 0 aliphatic carbocycles. The Labute approximate surface area is 251 Å². The van der Waals surface area contributed by atoms with Gasteiger partial charge in [0.1, 0.15) is 13.2 Å². The van der Waals surface area contributed by atoms with E-state index >= 15 is 0 Å². The van der Waals surface area contributed by atoms with E-state index in [0.717, 1.165) is 30.3 Å². The van der Waals surface area contributed by atoms with Crippen molar-refractivity contribution in [3.8, 4) is 11.5 Å². The first-order valence-electron chi connectivity index (χ1n) is 11.4. The highest BCUT2D eigenvalue weighted by Crippen LogP contribution is 2.38. The average molecular weight is 728 g/mol. The number of anilines is 1. The quantitative estimate of drug-likeness (QED) is 0.183. The molecular formula is C27H21BrClIN2O5S. The van der Waals surface area contributed by atoms with Crippen LogP contribution in [-0.4, -0.2) is 35.1 Å². The first-order valence-corrected chi connectivity index (χ1v) is 14.4. The molecule has 1 N–H and O–H groups in total. The van der Waals surface area contributed by atoms with Gasteiger partial charge in [-0.2, -0.15) is 0 Å². The van der Waals surface area contributed by atoms with E-state index < -0.39 is 23.6 Å². The van der Waals surface area contributed by atoms with Crippen molar-refractivity contribution in [2.24, 2.45) is 0 Å². The molecule has 0 saturated carbocycles. The molecule has 1 aliphatic rings. The smallest absolute Gasteiger partial charge is 0.294 e. The van der Waals surface area contributed by atoms with Crippen LogP contribution in [0, 0.1) is 3.57 Å². The van der Waals surface area contributed by atoms with Crippen LogP contribution in [0.15, 0.2) is 70.0 Å². The van der Waals surface area contributed by atoms with Crippen LogP contribution in [0.5, 0.6) is 11.5 Å². The number of halogens is 3. The Bertz CT molecular complexity index is 1420. The SMILES string of the molecule is CCOc1cc(/C=C2/SC(=O)N(CC(=O)Nc3ccccc3Cl)C2=O)cc(I)c1OCc1ccc(Br)cc1. The van der Waals surface area contributed by atoms with Gasteiger partial charge >= 0.3 is 0 Å². The molecule has 4 rings (SSSR count). The first-order chi connectivity index (χ1) is 18.2. The number of rotatable bonds is 9. The second kappa shape index (κ2) is 13.0. The lowest BCUT2D eigenvalue weighted by Gasteiger charge is -2.15. The summed E-state index contributed by atoms with van der Waals surface area (Å²) >= 11 is 12.4. The number of imide groups is 1. The number of carbonyl (C=O) groups is 3. The van der Waals surface area contributed by atoms with Crippen LogP contribution in [0.25, 0.3) is 6.08 Å². The lowest BCUT2D eigenvalue weighted by atomic mass is 10.1. The third-order valence-electron chi connectivity index (χ3n) is 5.25. The van der Waals surface area contributed by atoms with Crippen molar-refractivity contribution < 1.29 is 23.9 Å². The van der Waals surface area contributed by atoms with Crippen LogP contribution < -0.4 is 14.8 Å². The van der Waals surface area contributed by atoms with Crippen LogP contribution in [0.3, 0.4) is 0 Å². The topological polar surface area (TPSA) is 84.9 Å². The van der Waals surface area contributed by atoms with Gasteiger partial charge in [-0.3, -0.25) is 19.3 Å². The van der Waals surface area contributed by atoms with E-state index in [2.05, 4.69) is 43.8 Å². The second-order valence-electron chi connectivity index (χ2n) is 7.97. The summed E-state index contributed by atoms with van der Waals surface area (Å²) in [5, 5.41) is 2.46. The molecule has 38 heavy (non-hydrogen) atoms. The second-order valence-corrected chi connectivity index (χ2v) is 11.5. The zero-order valence-corrected chi connectivity index (χ0v) is 25.3. The number of ether oxygens (including phenoxy) is 2. The fraction of sp³-hybridized carbons (Fsp3) is 0.148. The van der Waals surface area contributed by atoms with Crippen molar-refractivity contribution in [3.63, 3.8) is 0 Å². The number of carbonyl (C=O) groups excluding carboxylic acids is 3. The number of para-hydroxylation sites is 1. The van der Waals surface area contributed by atoms with E-state index in [1.54, 1.807) is 36.4 Å². The van der Waals surface area contributed by atoms with Crippen LogP contribution in [0.2, 0.25) is 5.02 Å². The van der Waals surface area contributed by atoms with Gasteiger partial charge in [0.05, 0.1) is 25.8 Å². The number of thioether (sulfide) groups is 1. The highest BCUT2D eigenvalue weighted by Gasteiger charge is 2.36. The van der Waals surface area contributed by atoms with Gasteiger partial charge in [-0.15, -0.1) is 0 Å². The molecular weight excluding hydrogens is 707 g/mol. The predicted octanol–water partition coefficient (Wildman–Crippen LogP) is 7.36. The maximum atomic E-state index is 13.0. The summed E-state index contributed by atoms with van der Waals surface area (Å²) in [4.78, 5) is 39.1. The van der Waals surface area contributed by atoms with E-state index in [-0.39, 0.29) is 4.91 Å². The molecule has 3 aromatic rings. The molecule has 0 unspecified atom stereocenters. The molecule has 7 nitrogen and oxygen atoms in total. The van der Waals surface area contributed by atoms with Crippen LogP contribution >= 0.6 is 61.9 Å². The van der Waals surface area contributed by atoms with Gasteiger partial charge in [-0.25, -0.2) is 0 Å². The molecule has 196 valence electrons. The fourth-order valence-electron chi connectivity index (χ4n) is 3.49. The Morgan fingerprint density at radius 2 is 1.87 bits per heavy atom. The van der Waals surface area contributed by atoms with Gasteiger partial charge in [0.2, 0.25) is 5.91 Å². The summed E-state index contributed by atoms with van der Waals surface area (Å²) in [6.07, 6.45) is 1.61. The normalized spacial score (nSPS) is 14.2. The predicted molar refractivity (Wildman–Crippen MR) is 162 cm³/mol. The standard InChI is InChI=1S/C27H21BrClIN2O5S/c1-2-36-22-12-17(11-20(30)25(22)37-15-16-7-9-18(28)10-8-16)13-23-26(34)32(27(35)38-23)14-24(33)31-21-6-4-3-5-19(21)29/h3-13H,2,14-15H2,1H3,(H,31,33)/b23-13+. The summed E-state index contributed by atoms with van der Waals surface area (Å²) in [6, 6.07) is 18.2. The Kier molecular flexibility index (Phi) is 9.74. The number of amides is 3. The van der Waals surface area contributed by atoms with Crippen molar-refractivity contribution in [2.45, 2.75) is 13.5 Å². The molecule has 1 saturated heterocycles. The molecule has 11 heteroatoms. The van der Waals surface area contributed by atoms with Gasteiger partial charge in [0.15, 0.2) is 11.5 Å². The Morgan fingerprint density at radius 1 is 1.13 bits per heavy atom. The molecule has 0 atom stereocenters. The van der Waals surface area contributed by atoms with Crippen LogP contribution in [-0.2, 0) is 16.2 Å². The zero-order valence-electron chi connectivity index (χ0n) is 20.0. The van der Waals surface area contributed by atoms with E-state index in [4.69, 9.17) is 21.1 Å². The Hall–Kier alpha value is -2.54. The summed E-state index contributed by atoms with van der Waals surface area (Å²) in [5.41, 5.74) is 2.07. The van der Waals surface area contributed by atoms with Gasteiger partial charge in [-0.1, -0.05) is 51.8 Å². The molecule has 3 aromatic carbocycles. The number of hydrogen-bond donors (Lipinski definition) is 1. The van der Waals surface area contributed by atoms with E-state index in [1.807, 2.05) is 37.3 Å². The number of hydrogen-bond acceptors (Lipinski definition) is 6. The molecule has 0 radical (unpaired) electrons. The van der Waals surface area contributed by atoms with Crippen LogP contribution in [0.1, 0.15) is 18.1 Å². The van der Waals surface area contributed by atoms with E-state index in [0.29, 0.717) is 41.0 Å². The maximum absolute atomic E-state index is 13.0. The third kappa shape index (κ3) is 7.10. The van der Waals surface area contributed by atoms with Crippen LogP contribution in [0.4, 0.5) is 10.5 Å². The van der Waals surface area contributed by atoms with Gasteiger partial charge in [0, 0.05) is 4.47 Å². The number of nitrogens with one attached hydrogen (secondary N) is 1. The van der Waals surface area contributed by atoms with Crippen molar-refractivity contribution in [1.29, 1.82) is 0 Å². The largest absolute Gasteiger partial charge is 0.490 e. The number of benzene rings is 3. The minimum atomic E-state index is -0.544. The molecule has 0 spiro atoms. The van der Waals surface area contributed by atoms with Crippen molar-refractivity contribution in [2.75, 3.05) is 18.5 Å². The van der Waals surface area contributed by atoms with Gasteiger partial charge in [-0.05, 0) is 94.9 Å². The molecule has 0 bridgehead atoms. The minimum Gasteiger partial charge on any atom is -0.490 e. The zero-order chi connectivity index (χ0) is 27.2. The molecule has 3 amide bonds. The minimum absolute atomic E-state index is 0.210. The van der Waals surface area contributed by atoms with Gasteiger partial charge < -0.3 is 14.8 Å². The molecule has 1 heterocycles. The maximum Gasteiger partial charge on any atom is 0.294 e. The first kappa shape index (κ1) is 28.5. The average Bonchev–Trinajstić information content (AvgIpc) is 3.13. The van der Waals surface area contributed by atoms with Crippen molar-refractivity contribution in [1.82, 2.24) is 4.90 Å². The molecule has 0 aromatic heterocycles. The summed E-state index contributed by atoms with van der Waals surface area (Å²) in [7, 11) is 0. The van der Waals surface area contributed by atoms with E-state index in [1.165, 1.54) is 0 Å². The Balaban J connectivity index is 1.49. The van der Waals surface area contributed by atoms with Gasteiger partial charge in [0.25, 0.3) is 11.1 Å². The monoisotopic (exact) mass is 726 g/mol. The summed E-state index contributed by atoms with van der Waals surface area (Å²) < 4.78 is 13.7. The lowest BCUT2D eigenvalue weighted by molar-refractivity contribution is -0.127. The van der Waals surface area contributed by atoms with Crippen molar-refractivity contribution >= 4 is 90.7 Å². The lowest BCUT2D eigenvalue weighted by Crippen LogP contribution is -2.36. The summed E-state index contributed by atoms with van der Waals surface area (Å²) in [6.45, 7) is 2.23. The fourth-order valence-corrected chi connectivity index (χ4v) is 5.56. The molecule has 1 aliphatic heterocycles. The highest BCUT2D eigenvalue weighted by atomic mass is 127. The van der Waals surface area contributed by atoms with E-state index in [9.17, 15) is 14.4 Å². The molecule has 1 fully saturated rings.